The van der Waals surface area contributed by atoms with Gasteiger partial charge in [-0.3, -0.25) is 0 Å². The third kappa shape index (κ3) is 4.14. The van der Waals surface area contributed by atoms with E-state index >= 15 is 0 Å². The van der Waals surface area contributed by atoms with Crippen molar-refractivity contribution in [3.05, 3.63) is 18.6 Å². The van der Waals surface area contributed by atoms with Gasteiger partial charge in [-0.15, -0.1) is 6.58 Å². The minimum Gasteiger partial charge on any atom is -0.198 e. The van der Waals surface area contributed by atoms with Crippen molar-refractivity contribution >= 4 is 0 Å². The van der Waals surface area contributed by atoms with Crippen molar-refractivity contribution < 1.29 is 0 Å². The summed E-state index contributed by atoms with van der Waals surface area (Å²) in [7, 11) is 0. The van der Waals surface area contributed by atoms with Crippen molar-refractivity contribution in [3.63, 3.8) is 0 Å². The second-order valence-corrected chi connectivity index (χ2v) is 2.72. The zero-order chi connectivity index (χ0) is 7.98. The lowest BCUT2D eigenvalue weighted by molar-refractivity contribution is 0.674. The van der Waals surface area contributed by atoms with Crippen LogP contribution in [0.4, 0.5) is 0 Å². The maximum absolute atomic E-state index is 8.51. The fraction of sp³-hybridized carbons (Fsp3) is 0.556. The Labute approximate surface area is 63.4 Å². The molecule has 0 saturated carbocycles. The van der Waals surface area contributed by atoms with E-state index in [-0.39, 0.29) is 5.92 Å². The molecule has 1 atom stereocenters. The lowest BCUT2D eigenvalue weighted by atomic mass is 9.99. The molecule has 0 spiro atoms. The molecule has 0 aliphatic rings. The molecule has 0 aliphatic carbocycles. The Balaban J connectivity index is 3.47. The highest BCUT2D eigenvalue weighted by molar-refractivity contribution is 4.96. The van der Waals surface area contributed by atoms with E-state index in [4.69, 9.17) is 5.26 Å². The minimum absolute atomic E-state index is 0.0369. The summed E-state index contributed by atoms with van der Waals surface area (Å²) in [5.41, 5.74) is 0. The molecule has 0 N–H and O–H groups in total. The third-order valence-corrected chi connectivity index (χ3v) is 1.41. The first-order chi connectivity index (χ1) is 4.70. The van der Waals surface area contributed by atoms with E-state index < -0.39 is 0 Å². The summed E-state index contributed by atoms with van der Waals surface area (Å²) in [5.74, 6) is 1.41. The SMILES string of the molecule is C=CC(C#N)CC[C](C)C. The van der Waals surface area contributed by atoms with Gasteiger partial charge >= 0.3 is 0 Å². The zero-order valence-electron chi connectivity index (χ0n) is 6.72. The van der Waals surface area contributed by atoms with Gasteiger partial charge in [0.05, 0.1) is 12.0 Å². The smallest absolute Gasteiger partial charge is 0.0697 e. The summed E-state index contributed by atoms with van der Waals surface area (Å²) in [6.07, 6.45) is 3.66. The lowest BCUT2D eigenvalue weighted by Crippen LogP contribution is -1.94. The molecule has 1 unspecified atom stereocenters. The second-order valence-electron chi connectivity index (χ2n) is 2.72. The number of hydrogen-bond donors (Lipinski definition) is 0. The molecule has 0 aromatic rings. The van der Waals surface area contributed by atoms with E-state index in [0.29, 0.717) is 0 Å². The van der Waals surface area contributed by atoms with Crippen LogP contribution in [-0.2, 0) is 0 Å². The van der Waals surface area contributed by atoms with Crippen LogP contribution in [0, 0.1) is 23.2 Å². The first kappa shape index (κ1) is 9.23. The van der Waals surface area contributed by atoms with Crippen LogP contribution >= 0.6 is 0 Å². The highest BCUT2D eigenvalue weighted by atomic mass is 14.3. The molecule has 0 aromatic carbocycles. The molecule has 55 valence electrons. The van der Waals surface area contributed by atoms with Crippen molar-refractivity contribution in [3.8, 4) is 6.07 Å². The highest BCUT2D eigenvalue weighted by Crippen LogP contribution is 2.12. The lowest BCUT2D eigenvalue weighted by Gasteiger charge is -2.04. The molecule has 1 radical (unpaired) electrons. The fourth-order valence-corrected chi connectivity index (χ4v) is 0.679. The molecule has 1 nitrogen and oxygen atoms in total. The van der Waals surface area contributed by atoms with Crippen LogP contribution in [0.3, 0.4) is 0 Å². The second kappa shape index (κ2) is 5.05. The first-order valence-electron chi connectivity index (χ1n) is 3.52. The third-order valence-electron chi connectivity index (χ3n) is 1.41. The number of nitriles is 1. The molecule has 0 rings (SSSR count). The van der Waals surface area contributed by atoms with Gasteiger partial charge in [-0.1, -0.05) is 19.9 Å². The highest BCUT2D eigenvalue weighted by Gasteiger charge is 2.02. The van der Waals surface area contributed by atoms with Crippen LogP contribution in [0.25, 0.3) is 0 Å². The molecule has 0 aromatic heterocycles. The van der Waals surface area contributed by atoms with Crippen molar-refractivity contribution in [2.24, 2.45) is 5.92 Å². The normalized spacial score (nSPS) is 12.6. The molecule has 0 heterocycles. The molecule has 10 heavy (non-hydrogen) atoms. The maximum atomic E-state index is 8.51. The van der Waals surface area contributed by atoms with Gasteiger partial charge in [0.1, 0.15) is 0 Å². The maximum Gasteiger partial charge on any atom is 0.0697 e. The standard InChI is InChI=1S/C9H14N/c1-4-9(7-10)6-5-8(2)3/h4,9H,1,5-6H2,2-3H3. The van der Waals surface area contributed by atoms with E-state index in [1.54, 1.807) is 6.08 Å². The summed E-state index contributed by atoms with van der Waals surface area (Å²) in [6, 6.07) is 2.18. The van der Waals surface area contributed by atoms with Gasteiger partial charge in [-0.25, -0.2) is 0 Å². The van der Waals surface area contributed by atoms with Gasteiger partial charge in [0.25, 0.3) is 0 Å². The van der Waals surface area contributed by atoms with Crippen LogP contribution in [0.2, 0.25) is 0 Å². The van der Waals surface area contributed by atoms with Gasteiger partial charge in [0.15, 0.2) is 0 Å². The number of rotatable bonds is 4. The summed E-state index contributed by atoms with van der Waals surface area (Å²) in [6.45, 7) is 7.74. The van der Waals surface area contributed by atoms with Crippen LogP contribution in [0.15, 0.2) is 12.7 Å². The summed E-state index contributed by atoms with van der Waals surface area (Å²) >= 11 is 0. The molecular formula is C9H14N. The zero-order valence-corrected chi connectivity index (χ0v) is 6.72. The van der Waals surface area contributed by atoms with Crippen molar-refractivity contribution in [2.75, 3.05) is 0 Å². The summed E-state index contributed by atoms with van der Waals surface area (Å²) in [4.78, 5) is 0. The Morgan fingerprint density at radius 2 is 2.30 bits per heavy atom. The molecule has 0 saturated heterocycles. The topological polar surface area (TPSA) is 23.8 Å². The number of nitrogens with zero attached hydrogens (tertiary/aromatic N) is 1. The fourth-order valence-electron chi connectivity index (χ4n) is 0.679. The Hall–Kier alpha value is -0.770. The van der Waals surface area contributed by atoms with E-state index in [1.165, 1.54) is 5.92 Å². The van der Waals surface area contributed by atoms with Crippen molar-refractivity contribution in [2.45, 2.75) is 26.7 Å². The van der Waals surface area contributed by atoms with Gasteiger partial charge in [0, 0.05) is 0 Å². The van der Waals surface area contributed by atoms with Gasteiger partial charge in [0.2, 0.25) is 0 Å². The van der Waals surface area contributed by atoms with E-state index in [9.17, 15) is 0 Å². The van der Waals surface area contributed by atoms with Crippen LogP contribution < -0.4 is 0 Å². The largest absolute Gasteiger partial charge is 0.198 e. The monoisotopic (exact) mass is 136 g/mol. The Kier molecular flexibility index (Phi) is 4.66. The average Bonchev–Trinajstić information content (AvgIpc) is 1.90. The van der Waals surface area contributed by atoms with Crippen molar-refractivity contribution in [1.29, 1.82) is 5.26 Å². The molecular weight excluding hydrogens is 122 g/mol. The number of hydrogen-bond acceptors (Lipinski definition) is 1. The quantitative estimate of drug-likeness (QED) is 0.545. The van der Waals surface area contributed by atoms with Crippen LogP contribution in [-0.4, -0.2) is 0 Å². The van der Waals surface area contributed by atoms with Gasteiger partial charge in [-0.05, 0) is 18.8 Å². The average molecular weight is 136 g/mol. The van der Waals surface area contributed by atoms with E-state index in [1.807, 2.05) is 0 Å². The first-order valence-corrected chi connectivity index (χ1v) is 3.52. The van der Waals surface area contributed by atoms with Crippen LogP contribution in [0.1, 0.15) is 26.7 Å². The van der Waals surface area contributed by atoms with Gasteiger partial charge < -0.3 is 0 Å². The minimum atomic E-state index is 0.0369. The Morgan fingerprint density at radius 1 is 1.70 bits per heavy atom. The number of allylic oxidation sites excluding steroid dienone is 1. The summed E-state index contributed by atoms with van der Waals surface area (Å²) in [5, 5.41) is 8.51. The molecule has 0 bridgehead atoms. The predicted molar refractivity (Wildman–Crippen MR) is 43.1 cm³/mol. The Bertz CT molecular complexity index is 130. The summed E-state index contributed by atoms with van der Waals surface area (Å²) < 4.78 is 0. The van der Waals surface area contributed by atoms with E-state index in [0.717, 1.165) is 12.8 Å². The van der Waals surface area contributed by atoms with Gasteiger partial charge in [-0.2, -0.15) is 5.26 Å². The van der Waals surface area contributed by atoms with Crippen LogP contribution in [0.5, 0.6) is 0 Å². The predicted octanol–water partition coefficient (Wildman–Crippen LogP) is 2.71. The van der Waals surface area contributed by atoms with Crippen molar-refractivity contribution in [1.82, 2.24) is 0 Å². The molecule has 0 fully saturated rings. The molecule has 1 heteroatoms. The Morgan fingerprint density at radius 3 is 2.60 bits per heavy atom. The van der Waals surface area contributed by atoms with E-state index in [2.05, 4.69) is 26.5 Å². The molecule has 0 amide bonds. The molecule has 0 aliphatic heterocycles.